The number of aliphatic hydroxyl groups is 1. The van der Waals surface area contributed by atoms with Gasteiger partial charge >= 0.3 is 0 Å². The molecule has 0 radical (unpaired) electrons. The summed E-state index contributed by atoms with van der Waals surface area (Å²) in [4.78, 5) is 2.51. The molecule has 0 aromatic heterocycles. The zero-order chi connectivity index (χ0) is 24.4. The molecule has 35 heavy (non-hydrogen) atoms. The summed E-state index contributed by atoms with van der Waals surface area (Å²) >= 11 is 0. The number of nitrogens with one attached hydrogen (secondary N) is 1. The number of hydrogen-bond donors (Lipinski definition) is 2. The first kappa shape index (κ1) is 23.8. The number of aliphatic hydroxyl groups excluding tert-OH is 1. The van der Waals surface area contributed by atoms with E-state index in [-0.39, 0.29) is 30.0 Å². The second-order valence-electron chi connectivity index (χ2n) is 10.0. The van der Waals surface area contributed by atoms with Crippen LogP contribution in [0.5, 0.6) is 5.75 Å². The van der Waals surface area contributed by atoms with Crippen LogP contribution in [0.2, 0.25) is 0 Å². The van der Waals surface area contributed by atoms with Crippen molar-refractivity contribution in [3.05, 3.63) is 108 Å². The number of fused-ring (bicyclic) bond motifs is 3. The second-order valence-corrected chi connectivity index (χ2v) is 10.0. The fraction of sp³-hybridized carbons (Fsp3) is 0.355. The van der Waals surface area contributed by atoms with Gasteiger partial charge in [0.05, 0.1) is 13.2 Å². The summed E-state index contributed by atoms with van der Waals surface area (Å²) in [5.41, 5.74) is 5.92. The normalized spacial score (nSPS) is 25.5. The highest BCUT2D eigenvalue weighted by atomic mass is 16.5. The Labute approximate surface area is 209 Å². The van der Waals surface area contributed by atoms with E-state index in [1.807, 2.05) is 13.0 Å². The van der Waals surface area contributed by atoms with Crippen molar-refractivity contribution in [1.82, 2.24) is 10.2 Å². The molecule has 3 saturated heterocycles. The number of ether oxygens (including phenoxy) is 1. The summed E-state index contributed by atoms with van der Waals surface area (Å²) in [6.07, 6.45) is 0.697. The molecule has 5 atom stereocenters. The quantitative estimate of drug-likeness (QED) is 0.484. The van der Waals surface area contributed by atoms with E-state index >= 15 is 0 Å². The molecule has 3 heterocycles. The minimum atomic E-state index is -0.312. The number of rotatable bonds is 8. The molecular weight excluding hydrogens is 432 g/mol. The first-order valence-corrected chi connectivity index (χ1v) is 12.6. The maximum atomic E-state index is 11.0. The molecule has 4 heteroatoms. The molecule has 2 N–H and O–H groups in total. The van der Waals surface area contributed by atoms with Gasteiger partial charge in [0.15, 0.2) is 0 Å². The minimum Gasteiger partial charge on any atom is -0.496 e. The smallest absolute Gasteiger partial charge is 0.123 e. The third-order valence-corrected chi connectivity index (χ3v) is 7.88. The van der Waals surface area contributed by atoms with Crippen LogP contribution in [0.15, 0.2) is 85.4 Å². The first-order valence-electron chi connectivity index (χ1n) is 12.6. The van der Waals surface area contributed by atoms with Crippen molar-refractivity contribution in [3.63, 3.8) is 0 Å². The Morgan fingerprint density at radius 3 is 2.29 bits per heavy atom. The van der Waals surface area contributed by atoms with Gasteiger partial charge in [-0.3, -0.25) is 4.90 Å². The molecule has 6 rings (SSSR count). The van der Waals surface area contributed by atoms with E-state index in [9.17, 15) is 5.11 Å². The van der Waals surface area contributed by atoms with E-state index in [1.165, 1.54) is 11.1 Å². The van der Waals surface area contributed by atoms with E-state index in [2.05, 4.69) is 89.6 Å². The van der Waals surface area contributed by atoms with Gasteiger partial charge in [-0.05, 0) is 48.7 Å². The van der Waals surface area contributed by atoms with Gasteiger partial charge in [0, 0.05) is 42.6 Å². The Hall–Kier alpha value is -2.92. The lowest BCUT2D eigenvalue weighted by molar-refractivity contribution is -0.0823. The number of hydrogen-bond acceptors (Lipinski definition) is 4. The highest BCUT2D eigenvalue weighted by Gasteiger charge is 2.50. The summed E-state index contributed by atoms with van der Waals surface area (Å²) in [6, 6.07) is 28.3. The van der Waals surface area contributed by atoms with Crippen molar-refractivity contribution < 1.29 is 9.84 Å². The average Bonchev–Trinajstić information content (AvgIpc) is 2.89. The predicted molar refractivity (Wildman–Crippen MR) is 143 cm³/mol. The van der Waals surface area contributed by atoms with E-state index in [4.69, 9.17) is 4.74 Å². The van der Waals surface area contributed by atoms with Gasteiger partial charge < -0.3 is 15.2 Å². The number of benzene rings is 3. The van der Waals surface area contributed by atoms with Gasteiger partial charge in [-0.15, -0.1) is 0 Å². The average molecular weight is 469 g/mol. The highest BCUT2D eigenvalue weighted by Crippen LogP contribution is 2.42. The lowest BCUT2D eigenvalue weighted by Gasteiger charge is -2.56. The molecule has 0 aliphatic carbocycles. The Kier molecular flexibility index (Phi) is 7.05. The van der Waals surface area contributed by atoms with E-state index in [1.54, 1.807) is 7.11 Å². The van der Waals surface area contributed by atoms with Crippen LogP contribution >= 0.6 is 0 Å². The summed E-state index contributed by atoms with van der Waals surface area (Å²) in [5, 5.41) is 14.9. The lowest BCUT2D eigenvalue weighted by Crippen LogP contribution is -2.69. The topological polar surface area (TPSA) is 44.7 Å². The third kappa shape index (κ3) is 4.79. The molecule has 3 unspecified atom stereocenters. The van der Waals surface area contributed by atoms with E-state index in [0.717, 1.165) is 42.0 Å². The van der Waals surface area contributed by atoms with Gasteiger partial charge in [-0.25, -0.2) is 0 Å². The van der Waals surface area contributed by atoms with Gasteiger partial charge in [0.2, 0.25) is 0 Å². The molecule has 3 aromatic rings. The molecule has 0 saturated carbocycles. The number of piperidine rings is 3. The molecule has 3 aliphatic rings. The number of methoxy groups -OCH3 is 1. The van der Waals surface area contributed by atoms with Crippen molar-refractivity contribution in [2.24, 2.45) is 5.92 Å². The highest BCUT2D eigenvalue weighted by molar-refractivity contribution is 5.63. The molecule has 3 aliphatic heterocycles. The molecule has 0 spiro atoms. The molecule has 0 amide bonds. The molecule has 3 fully saturated rings. The Balaban J connectivity index is 1.51. The Morgan fingerprint density at radius 1 is 1.06 bits per heavy atom. The lowest BCUT2D eigenvalue weighted by atomic mass is 9.69. The van der Waals surface area contributed by atoms with Crippen molar-refractivity contribution >= 4 is 5.57 Å². The maximum absolute atomic E-state index is 11.0. The summed E-state index contributed by atoms with van der Waals surface area (Å²) < 4.78 is 5.69. The summed E-state index contributed by atoms with van der Waals surface area (Å²) in [6.45, 7) is 8.58. The van der Waals surface area contributed by atoms with Crippen molar-refractivity contribution in [1.29, 1.82) is 0 Å². The van der Waals surface area contributed by atoms with Crippen LogP contribution in [0.4, 0.5) is 0 Å². The van der Waals surface area contributed by atoms with Crippen LogP contribution < -0.4 is 10.1 Å². The Bertz CT molecular complexity index is 1110. The largest absolute Gasteiger partial charge is 0.496 e. The zero-order valence-electron chi connectivity index (χ0n) is 20.7. The predicted octanol–water partition coefficient (Wildman–Crippen LogP) is 5.08. The van der Waals surface area contributed by atoms with Gasteiger partial charge in [-0.1, -0.05) is 78.9 Å². The molecule has 2 bridgehead atoms. The number of allylic oxidation sites excluding steroid dienone is 1. The van der Waals surface area contributed by atoms with Crippen LogP contribution in [0.3, 0.4) is 0 Å². The van der Waals surface area contributed by atoms with Gasteiger partial charge in [0.1, 0.15) is 5.75 Å². The Morgan fingerprint density at radius 2 is 1.71 bits per heavy atom. The maximum Gasteiger partial charge on any atom is 0.123 e. The van der Waals surface area contributed by atoms with Crippen LogP contribution in [-0.2, 0) is 6.54 Å². The molecule has 3 aromatic carbocycles. The summed E-state index contributed by atoms with van der Waals surface area (Å²) in [7, 11) is 1.72. The van der Waals surface area contributed by atoms with Crippen molar-refractivity contribution in [2.75, 3.05) is 20.2 Å². The SMILES string of the molecule is C=C(C)c1ccc(OC)c(CN[C@H]2C3CCN(CC3O)[C@H]2C(c2ccccc2)c2ccccc2)c1. The molecular formula is C31H36N2O2. The molecule has 4 nitrogen and oxygen atoms in total. The fourth-order valence-corrected chi connectivity index (χ4v) is 6.15. The van der Waals surface area contributed by atoms with E-state index in [0.29, 0.717) is 6.54 Å². The second kappa shape index (κ2) is 10.4. The van der Waals surface area contributed by atoms with Crippen LogP contribution in [0, 0.1) is 5.92 Å². The van der Waals surface area contributed by atoms with Crippen LogP contribution in [0.1, 0.15) is 41.5 Å². The van der Waals surface area contributed by atoms with E-state index < -0.39 is 0 Å². The number of nitrogens with zero attached hydrogens (tertiary/aromatic N) is 1. The standard InChI is InChI=1S/C31H36N2O2/c1-21(2)24-14-15-28(35-3)25(18-24)19-32-30-26-16-17-33(20-27(26)34)31(30)29(22-10-6-4-7-11-22)23-12-8-5-9-13-23/h4-15,18,26-27,29-32,34H,1,16-17,19-20H2,2-3H3/t26?,27?,30-,31-/m0/s1. The monoisotopic (exact) mass is 468 g/mol. The molecule has 182 valence electrons. The third-order valence-electron chi connectivity index (χ3n) is 7.88. The van der Waals surface area contributed by atoms with Crippen molar-refractivity contribution in [3.8, 4) is 5.75 Å². The first-order chi connectivity index (χ1) is 17.1. The van der Waals surface area contributed by atoms with Gasteiger partial charge in [0.25, 0.3) is 0 Å². The van der Waals surface area contributed by atoms with Gasteiger partial charge in [-0.2, -0.15) is 0 Å². The minimum absolute atomic E-state index is 0.149. The van der Waals surface area contributed by atoms with Crippen molar-refractivity contribution in [2.45, 2.75) is 44.0 Å². The zero-order valence-corrected chi connectivity index (χ0v) is 20.7. The fourth-order valence-electron chi connectivity index (χ4n) is 6.15. The van der Waals surface area contributed by atoms with Crippen LogP contribution in [-0.4, -0.2) is 48.4 Å². The van der Waals surface area contributed by atoms with Crippen LogP contribution in [0.25, 0.3) is 5.57 Å². The summed E-state index contributed by atoms with van der Waals surface area (Å²) in [5.74, 6) is 1.31.